The van der Waals surface area contributed by atoms with Crippen LogP contribution in [-0.2, 0) is 20.9 Å². The van der Waals surface area contributed by atoms with Gasteiger partial charge < -0.3 is 19.9 Å². The van der Waals surface area contributed by atoms with Crippen molar-refractivity contribution in [3.8, 4) is 0 Å². The average Bonchev–Trinajstić information content (AvgIpc) is 2.93. The number of carboxylic acid groups (broad SMARTS) is 1. The number of benzene rings is 1. The van der Waals surface area contributed by atoms with Crippen LogP contribution in [0.2, 0.25) is 0 Å². The molecule has 1 aliphatic carbocycles. The predicted octanol–water partition coefficient (Wildman–Crippen LogP) is 2.33. The minimum atomic E-state index is -0.884. The highest BCUT2D eigenvalue weighted by molar-refractivity contribution is 5.68. The maximum absolute atomic E-state index is 11.8. The normalized spacial score (nSPS) is 20.5. The average molecular weight is 307 g/mol. The number of aliphatic carboxylic acids is 1. The van der Waals surface area contributed by atoms with Gasteiger partial charge >= 0.3 is 12.1 Å². The lowest BCUT2D eigenvalue weighted by molar-refractivity contribution is -0.138. The Labute approximate surface area is 129 Å². The number of amides is 1. The Hall–Kier alpha value is -2.08. The molecule has 120 valence electrons. The molecule has 0 spiro atoms. The molecule has 2 rings (SSSR count). The fraction of sp³-hybridized carbons (Fsp3) is 0.500. The van der Waals surface area contributed by atoms with E-state index >= 15 is 0 Å². The Bertz CT molecular complexity index is 491. The number of carboxylic acids is 1. The standard InChI is InChI=1S/C16H21NO5/c18-15(19)9-10-21-14-8-4-7-13(14)17-16(20)22-11-12-5-2-1-3-6-12/h1-3,5-6,13-14H,4,7-11H2,(H,17,20)(H,18,19)/t13-,14-/m1/s1. The van der Waals surface area contributed by atoms with Crippen molar-refractivity contribution in [2.45, 2.75) is 44.4 Å². The molecular weight excluding hydrogens is 286 g/mol. The Morgan fingerprint density at radius 1 is 1.23 bits per heavy atom. The molecule has 1 fully saturated rings. The monoisotopic (exact) mass is 307 g/mol. The lowest BCUT2D eigenvalue weighted by Gasteiger charge is -2.21. The van der Waals surface area contributed by atoms with E-state index in [1.807, 2.05) is 30.3 Å². The maximum Gasteiger partial charge on any atom is 0.407 e. The second-order valence-electron chi connectivity index (χ2n) is 5.30. The number of nitrogens with one attached hydrogen (secondary N) is 1. The van der Waals surface area contributed by atoms with E-state index < -0.39 is 12.1 Å². The van der Waals surface area contributed by atoms with Gasteiger partial charge in [-0.15, -0.1) is 0 Å². The molecule has 22 heavy (non-hydrogen) atoms. The molecule has 0 aliphatic heterocycles. The Kier molecular flexibility index (Phi) is 6.21. The number of carbonyl (C=O) groups excluding carboxylic acids is 1. The first-order valence-electron chi connectivity index (χ1n) is 7.46. The Morgan fingerprint density at radius 2 is 2.00 bits per heavy atom. The number of alkyl carbamates (subject to hydrolysis) is 1. The molecule has 2 N–H and O–H groups in total. The van der Waals surface area contributed by atoms with Crippen LogP contribution in [0.3, 0.4) is 0 Å². The third-order valence-corrected chi connectivity index (χ3v) is 3.62. The summed E-state index contributed by atoms with van der Waals surface area (Å²) in [4.78, 5) is 22.3. The van der Waals surface area contributed by atoms with Crippen molar-refractivity contribution in [1.29, 1.82) is 0 Å². The van der Waals surface area contributed by atoms with Gasteiger partial charge in [-0.1, -0.05) is 30.3 Å². The molecule has 1 amide bonds. The van der Waals surface area contributed by atoms with Gasteiger partial charge in [-0.3, -0.25) is 4.79 Å². The van der Waals surface area contributed by atoms with Gasteiger partial charge in [0.25, 0.3) is 0 Å². The van der Waals surface area contributed by atoms with E-state index in [0.29, 0.717) is 0 Å². The molecule has 1 aromatic carbocycles. The van der Waals surface area contributed by atoms with Crippen LogP contribution in [0.15, 0.2) is 30.3 Å². The van der Waals surface area contributed by atoms with Crippen LogP contribution in [0, 0.1) is 0 Å². The molecule has 0 saturated heterocycles. The van der Waals surface area contributed by atoms with Gasteiger partial charge in [0.2, 0.25) is 0 Å². The van der Waals surface area contributed by atoms with Crippen LogP contribution in [-0.4, -0.2) is 35.9 Å². The zero-order valence-electron chi connectivity index (χ0n) is 12.4. The molecule has 0 unspecified atom stereocenters. The van der Waals surface area contributed by atoms with Crippen LogP contribution in [0.1, 0.15) is 31.2 Å². The molecule has 2 atom stereocenters. The molecule has 0 heterocycles. The molecule has 0 bridgehead atoms. The molecule has 6 heteroatoms. The summed E-state index contributed by atoms with van der Waals surface area (Å²) in [7, 11) is 0. The summed E-state index contributed by atoms with van der Waals surface area (Å²) in [6.45, 7) is 0.390. The summed E-state index contributed by atoms with van der Waals surface area (Å²) < 4.78 is 10.7. The van der Waals surface area contributed by atoms with Crippen molar-refractivity contribution >= 4 is 12.1 Å². The first-order valence-corrected chi connectivity index (χ1v) is 7.46. The van der Waals surface area contributed by atoms with Gasteiger partial charge in [-0.25, -0.2) is 4.79 Å². The van der Waals surface area contributed by atoms with Gasteiger partial charge in [-0.2, -0.15) is 0 Å². The predicted molar refractivity (Wildman–Crippen MR) is 79.4 cm³/mol. The summed E-state index contributed by atoms with van der Waals surface area (Å²) in [6, 6.07) is 9.35. The third kappa shape index (κ3) is 5.37. The summed E-state index contributed by atoms with van der Waals surface area (Å²) >= 11 is 0. The van der Waals surface area contributed by atoms with E-state index in [9.17, 15) is 9.59 Å². The van der Waals surface area contributed by atoms with Gasteiger partial charge in [0.1, 0.15) is 6.61 Å². The lowest BCUT2D eigenvalue weighted by atomic mass is 10.2. The van der Waals surface area contributed by atoms with E-state index in [4.69, 9.17) is 14.6 Å². The largest absolute Gasteiger partial charge is 0.481 e. The molecule has 0 aromatic heterocycles. The second kappa shape index (κ2) is 8.38. The smallest absolute Gasteiger partial charge is 0.407 e. The van der Waals surface area contributed by atoms with Crippen LogP contribution < -0.4 is 5.32 Å². The molecular formula is C16H21NO5. The van der Waals surface area contributed by atoms with Crippen LogP contribution in [0.5, 0.6) is 0 Å². The van der Waals surface area contributed by atoms with Gasteiger partial charge in [-0.05, 0) is 24.8 Å². The SMILES string of the molecule is O=C(O)CCO[C@@H]1CCC[C@H]1NC(=O)OCc1ccccc1. The van der Waals surface area contributed by atoms with Crippen LogP contribution in [0.4, 0.5) is 4.79 Å². The van der Waals surface area contributed by atoms with Crippen LogP contribution in [0.25, 0.3) is 0 Å². The highest BCUT2D eigenvalue weighted by atomic mass is 16.5. The van der Waals surface area contributed by atoms with Gasteiger partial charge in [0.15, 0.2) is 0 Å². The van der Waals surface area contributed by atoms with E-state index in [-0.39, 0.29) is 31.8 Å². The molecule has 0 radical (unpaired) electrons. The van der Waals surface area contributed by atoms with Gasteiger partial charge in [0, 0.05) is 0 Å². The fourth-order valence-corrected chi connectivity index (χ4v) is 2.50. The van der Waals surface area contributed by atoms with Gasteiger partial charge in [0.05, 0.1) is 25.2 Å². The summed E-state index contributed by atoms with van der Waals surface area (Å²) in [5.74, 6) is -0.884. The first-order chi connectivity index (χ1) is 10.6. The number of rotatable bonds is 7. The number of hydrogen-bond acceptors (Lipinski definition) is 4. The van der Waals surface area contributed by atoms with E-state index in [2.05, 4.69) is 5.32 Å². The summed E-state index contributed by atoms with van der Waals surface area (Å²) in [5, 5.41) is 11.4. The van der Waals surface area contributed by atoms with E-state index in [1.165, 1.54) is 0 Å². The molecule has 1 aromatic rings. The second-order valence-corrected chi connectivity index (χ2v) is 5.30. The maximum atomic E-state index is 11.8. The molecule has 1 saturated carbocycles. The Balaban J connectivity index is 1.71. The van der Waals surface area contributed by atoms with Crippen molar-refractivity contribution in [3.63, 3.8) is 0 Å². The lowest BCUT2D eigenvalue weighted by Crippen LogP contribution is -2.41. The quantitative estimate of drug-likeness (QED) is 0.807. The Morgan fingerprint density at radius 3 is 2.73 bits per heavy atom. The summed E-state index contributed by atoms with van der Waals surface area (Å²) in [6.07, 6.45) is 1.95. The third-order valence-electron chi connectivity index (χ3n) is 3.62. The van der Waals surface area contributed by atoms with Crippen molar-refractivity contribution in [1.82, 2.24) is 5.32 Å². The highest BCUT2D eigenvalue weighted by Crippen LogP contribution is 2.22. The number of ether oxygens (including phenoxy) is 2. The minimum Gasteiger partial charge on any atom is -0.481 e. The first kappa shape index (κ1) is 16.3. The molecule has 6 nitrogen and oxygen atoms in total. The van der Waals surface area contributed by atoms with Crippen LogP contribution >= 0.6 is 0 Å². The highest BCUT2D eigenvalue weighted by Gasteiger charge is 2.29. The number of hydrogen-bond donors (Lipinski definition) is 2. The van der Waals surface area contributed by atoms with E-state index in [0.717, 1.165) is 24.8 Å². The number of carbonyl (C=O) groups is 2. The zero-order valence-corrected chi connectivity index (χ0v) is 12.4. The zero-order chi connectivity index (χ0) is 15.8. The minimum absolute atomic E-state index is 0.0261. The van der Waals surface area contributed by atoms with E-state index in [1.54, 1.807) is 0 Å². The van der Waals surface area contributed by atoms with Crippen molar-refractivity contribution < 1.29 is 24.2 Å². The van der Waals surface area contributed by atoms with Crippen molar-refractivity contribution in [2.75, 3.05) is 6.61 Å². The molecule has 1 aliphatic rings. The van der Waals surface area contributed by atoms with Crippen molar-refractivity contribution in [3.05, 3.63) is 35.9 Å². The van der Waals surface area contributed by atoms with Crippen molar-refractivity contribution in [2.24, 2.45) is 0 Å². The fourth-order valence-electron chi connectivity index (χ4n) is 2.50. The topological polar surface area (TPSA) is 84.9 Å². The summed E-state index contributed by atoms with van der Waals surface area (Å²) in [5.41, 5.74) is 0.929.